The number of nitrogens with one attached hydrogen (secondary N) is 3. The monoisotopic (exact) mass is 323 g/mol. The third-order valence-electron chi connectivity index (χ3n) is 3.86. The summed E-state index contributed by atoms with van der Waals surface area (Å²) in [7, 11) is 0. The third kappa shape index (κ3) is 5.61. The van der Waals surface area contributed by atoms with Crippen LogP contribution < -0.4 is 16.2 Å². The molecule has 1 aliphatic heterocycles. The quantitative estimate of drug-likeness (QED) is 0.544. The van der Waals surface area contributed by atoms with Crippen LogP contribution in [0.5, 0.6) is 0 Å². The Morgan fingerprint density at radius 3 is 2.61 bits per heavy atom. The Kier molecular flexibility index (Phi) is 6.49. The summed E-state index contributed by atoms with van der Waals surface area (Å²) in [5.41, 5.74) is 6.93. The lowest BCUT2D eigenvalue weighted by molar-refractivity contribution is -0.137. The average molecular weight is 323 g/mol. The van der Waals surface area contributed by atoms with Gasteiger partial charge in [0.15, 0.2) is 0 Å². The molecule has 2 unspecified atom stereocenters. The lowest BCUT2D eigenvalue weighted by Crippen LogP contribution is -2.43. The highest BCUT2D eigenvalue weighted by Gasteiger charge is 2.29. The molecule has 0 radical (unpaired) electrons. The minimum absolute atomic E-state index is 0.0260. The van der Waals surface area contributed by atoms with Crippen LogP contribution in [0.25, 0.3) is 0 Å². The maximum atomic E-state index is 12.9. The molecule has 0 aromatic heterocycles. The largest absolute Gasteiger partial charge is 0.481 e. The average Bonchev–Trinajstić information content (AvgIpc) is 3.01. The molecule has 1 heterocycles. The minimum Gasteiger partial charge on any atom is -0.481 e. The molecule has 0 saturated carbocycles. The van der Waals surface area contributed by atoms with E-state index in [9.17, 15) is 14.0 Å². The van der Waals surface area contributed by atoms with E-state index in [0.29, 0.717) is 19.4 Å². The number of hydrazine groups is 1. The van der Waals surface area contributed by atoms with E-state index in [1.807, 2.05) is 0 Å². The first kappa shape index (κ1) is 17.4. The van der Waals surface area contributed by atoms with Crippen molar-refractivity contribution in [2.45, 2.75) is 44.2 Å². The maximum absolute atomic E-state index is 12.9. The van der Waals surface area contributed by atoms with Crippen molar-refractivity contribution in [2.75, 3.05) is 6.54 Å². The molecule has 23 heavy (non-hydrogen) atoms. The Morgan fingerprint density at radius 1 is 1.17 bits per heavy atom. The molecule has 1 aromatic rings. The standard InChI is InChI=1S/C16H22FN3O3/c17-12-7-5-11(6-8-12)13-10-14(20-19-13)16(23)18-9-3-1-2-4-15(21)22/h5-8,13-14,19-20H,1-4,9-10H2,(H,18,23)(H,21,22). The van der Waals surface area contributed by atoms with E-state index in [1.54, 1.807) is 12.1 Å². The molecule has 0 spiro atoms. The summed E-state index contributed by atoms with van der Waals surface area (Å²) in [4.78, 5) is 22.4. The molecule has 2 rings (SSSR count). The second-order valence-electron chi connectivity index (χ2n) is 5.68. The van der Waals surface area contributed by atoms with Gasteiger partial charge in [-0.25, -0.2) is 15.2 Å². The van der Waals surface area contributed by atoms with Crippen molar-refractivity contribution < 1.29 is 19.1 Å². The minimum atomic E-state index is -0.790. The molecule has 1 saturated heterocycles. The van der Waals surface area contributed by atoms with E-state index in [4.69, 9.17) is 5.11 Å². The molecule has 126 valence electrons. The normalized spacial score (nSPS) is 20.4. The number of hydrogen-bond donors (Lipinski definition) is 4. The summed E-state index contributed by atoms with van der Waals surface area (Å²) in [5.74, 6) is -1.15. The van der Waals surface area contributed by atoms with Gasteiger partial charge in [0.05, 0.1) is 0 Å². The summed E-state index contributed by atoms with van der Waals surface area (Å²) in [6, 6.07) is 5.86. The van der Waals surface area contributed by atoms with Crippen molar-refractivity contribution in [3.8, 4) is 0 Å². The smallest absolute Gasteiger partial charge is 0.303 e. The van der Waals surface area contributed by atoms with Crippen LogP contribution >= 0.6 is 0 Å². The third-order valence-corrected chi connectivity index (χ3v) is 3.86. The molecular formula is C16H22FN3O3. The van der Waals surface area contributed by atoms with Crippen LogP contribution in [0.15, 0.2) is 24.3 Å². The SMILES string of the molecule is O=C(O)CCCCCNC(=O)C1CC(c2ccc(F)cc2)NN1. The van der Waals surface area contributed by atoms with Gasteiger partial charge in [-0.15, -0.1) is 0 Å². The van der Waals surface area contributed by atoms with Crippen LogP contribution in [-0.2, 0) is 9.59 Å². The van der Waals surface area contributed by atoms with E-state index in [0.717, 1.165) is 18.4 Å². The van der Waals surface area contributed by atoms with Gasteiger partial charge >= 0.3 is 5.97 Å². The Morgan fingerprint density at radius 2 is 1.91 bits per heavy atom. The number of halogens is 1. The fourth-order valence-electron chi connectivity index (χ4n) is 2.55. The summed E-state index contributed by atoms with van der Waals surface area (Å²) in [6.07, 6.45) is 2.93. The molecule has 6 nitrogen and oxygen atoms in total. The molecule has 0 bridgehead atoms. The Balaban J connectivity index is 1.66. The van der Waals surface area contributed by atoms with Crippen molar-refractivity contribution in [2.24, 2.45) is 0 Å². The van der Waals surface area contributed by atoms with Crippen LogP contribution in [0.4, 0.5) is 4.39 Å². The second kappa shape index (κ2) is 8.59. The van der Waals surface area contributed by atoms with Gasteiger partial charge in [0.1, 0.15) is 11.9 Å². The van der Waals surface area contributed by atoms with Crippen LogP contribution in [0.2, 0.25) is 0 Å². The number of amides is 1. The van der Waals surface area contributed by atoms with Gasteiger partial charge in [0.2, 0.25) is 5.91 Å². The topological polar surface area (TPSA) is 90.5 Å². The van der Waals surface area contributed by atoms with E-state index in [1.165, 1.54) is 12.1 Å². The highest BCUT2D eigenvalue weighted by Crippen LogP contribution is 2.22. The van der Waals surface area contributed by atoms with Gasteiger partial charge in [0, 0.05) is 19.0 Å². The van der Waals surface area contributed by atoms with Gasteiger partial charge in [-0.2, -0.15) is 0 Å². The lowest BCUT2D eigenvalue weighted by atomic mass is 10.0. The Bertz CT molecular complexity index is 536. The Hall–Kier alpha value is -1.99. The number of unbranched alkanes of at least 4 members (excludes halogenated alkanes) is 2. The number of carboxylic acid groups (broad SMARTS) is 1. The summed E-state index contributed by atoms with van der Waals surface area (Å²) in [6.45, 7) is 0.540. The molecule has 1 aromatic carbocycles. The van der Waals surface area contributed by atoms with Gasteiger partial charge < -0.3 is 10.4 Å². The fourth-order valence-corrected chi connectivity index (χ4v) is 2.55. The lowest BCUT2D eigenvalue weighted by Gasteiger charge is -2.10. The zero-order valence-corrected chi connectivity index (χ0v) is 12.8. The van der Waals surface area contributed by atoms with Gasteiger partial charge in [-0.1, -0.05) is 18.6 Å². The highest BCUT2D eigenvalue weighted by molar-refractivity contribution is 5.82. The number of carboxylic acids is 1. The maximum Gasteiger partial charge on any atom is 0.303 e. The number of carbonyl (C=O) groups is 2. The first-order chi connectivity index (χ1) is 11.1. The van der Waals surface area contributed by atoms with Crippen molar-refractivity contribution in [3.05, 3.63) is 35.6 Å². The zero-order valence-electron chi connectivity index (χ0n) is 12.8. The molecule has 0 aliphatic carbocycles. The molecular weight excluding hydrogens is 301 g/mol. The van der Waals surface area contributed by atoms with Gasteiger partial charge in [-0.3, -0.25) is 9.59 Å². The Labute approximate surface area is 134 Å². The van der Waals surface area contributed by atoms with Crippen LogP contribution in [0.3, 0.4) is 0 Å². The highest BCUT2D eigenvalue weighted by atomic mass is 19.1. The summed E-state index contributed by atoms with van der Waals surface area (Å²) >= 11 is 0. The summed E-state index contributed by atoms with van der Waals surface area (Å²) < 4.78 is 12.9. The number of hydrogen-bond acceptors (Lipinski definition) is 4. The number of carbonyl (C=O) groups excluding carboxylic acids is 1. The van der Waals surface area contributed by atoms with E-state index < -0.39 is 5.97 Å². The first-order valence-corrected chi connectivity index (χ1v) is 7.82. The van der Waals surface area contributed by atoms with Crippen LogP contribution in [0, 0.1) is 5.82 Å². The van der Waals surface area contributed by atoms with Crippen molar-refractivity contribution in [1.82, 2.24) is 16.2 Å². The first-order valence-electron chi connectivity index (χ1n) is 7.82. The van der Waals surface area contributed by atoms with Crippen molar-refractivity contribution in [1.29, 1.82) is 0 Å². The number of rotatable bonds is 8. The fraction of sp³-hybridized carbons (Fsp3) is 0.500. The molecule has 7 heteroatoms. The molecule has 1 amide bonds. The molecule has 4 N–H and O–H groups in total. The predicted molar refractivity (Wildman–Crippen MR) is 82.9 cm³/mol. The summed E-state index contributed by atoms with van der Waals surface area (Å²) in [5, 5.41) is 11.4. The van der Waals surface area contributed by atoms with Crippen molar-refractivity contribution >= 4 is 11.9 Å². The van der Waals surface area contributed by atoms with E-state index in [2.05, 4.69) is 16.2 Å². The van der Waals surface area contributed by atoms with Crippen LogP contribution in [-0.4, -0.2) is 29.6 Å². The molecule has 2 atom stereocenters. The van der Waals surface area contributed by atoms with E-state index >= 15 is 0 Å². The predicted octanol–water partition coefficient (Wildman–Crippen LogP) is 1.49. The van der Waals surface area contributed by atoms with Crippen molar-refractivity contribution in [3.63, 3.8) is 0 Å². The number of aliphatic carboxylic acids is 1. The van der Waals surface area contributed by atoms with Gasteiger partial charge in [0.25, 0.3) is 0 Å². The molecule has 1 aliphatic rings. The van der Waals surface area contributed by atoms with Crippen LogP contribution in [0.1, 0.15) is 43.7 Å². The van der Waals surface area contributed by atoms with Gasteiger partial charge in [-0.05, 0) is 37.0 Å². The molecule has 1 fully saturated rings. The zero-order chi connectivity index (χ0) is 16.7. The van der Waals surface area contributed by atoms with E-state index in [-0.39, 0.29) is 30.2 Å². The number of benzene rings is 1. The second-order valence-corrected chi connectivity index (χ2v) is 5.68.